The quantitative estimate of drug-likeness (QED) is 0.608. The van der Waals surface area contributed by atoms with Crippen molar-refractivity contribution in [3.8, 4) is 0 Å². The van der Waals surface area contributed by atoms with Gasteiger partial charge in [0.1, 0.15) is 0 Å². The summed E-state index contributed by atoms with van der Waals surface area (Å²) in [6, 6.07) is 20.0. The summed E-state index contributed by atoms with van der Waals surface area (Å²) in [4.78, 5) is 20.7. The molecule has 2 aromatic heterocycles. The van der Waals surface area contributed by atoms with E-state index in [1.54, 1.807) is 6.33 Å². The Morgan fingerprint density at radius 1 is 0.960 bits per heavy atom. The first-order chi connectivity index (χ1) is 12.3. The SMILES string of the molecule is O=c1oc(NCc2ccccc2)nc2c1ncn2Cc1ccccc1. The van der Waals surface area contributed by atoms with Gasteiger partial charge in [-0.25, -0.2) is 9.78 Å². The smallest absolute Gasteiger partial charge is 0.368 e. The standard InChI is InChI=1S/C19H16N4O2/c24-18-16-17(23(13-21-16)12-15-9-5-2-6-10-15)22-19(25-18)20-11-14-7-3-1-4-8-14/h1-10,13H,11-12H2,(H,20,22). The van der Waals surface area contributed by atoms with Crippen molar-refractivity contribution in [1.82, 2.24) is 14.5 Å². The minimum atomic E-state index is -0.493. The van der Waals surface area contributed by atoms with Gasteiger partial charge in [0, 0.05) is 6.54 Å². The van der Waals surface area contributed by atoms with Gasteiger partial charge in [-0.3, -0.25) is 0 Å². The van der Waals surface area contributed by atoms with Gasteiger partial charge >= 0.3 is 5.63 Å². The van der Waals surface area contributed by atoms with E-state index in [1.165, 1.54) is 0 Å². The zero-order chi connectivity index (χ0) is 17.1. The van der Waals surface area contributed by atoms with E-state index < -0.39 is 5.63 Å². The molecule has 4 rings (SSSR count). The first-order valence-electron chi connectivity index (χ1n) is 7.97. The van der Waals surface area contributed by atoms with Crippen LogP contribution in [0.4, 0.5) is 6.01 Å². The number of hydrogen-bond acceptors (Lipinski definition) is 5. The molecule has 0 unspecified atom stereocenters. The molecule has 0 aliphatic rings. The molecule has 0 spiro atoms. The fraction of sp³-hybridized carbons (Fsp3) is 0.105. The van der Waals surface area contributed by atoms with Crippen LogP contribution in [0.2, 0.25) is 0 Å². The summed E-state index contributed by atoms with van der Waals surface area (Å²) in [5.41, 5.74) is 2.43. The zero-order valence-corrected chi connectivity index (χ0v) is 13.4. The zero-order valence-electron chi connectivity index (χ0n) is 13.4. The Morgan fingerprint density at radius 3 is 2.36 bits per heavy atom. The number of nitrogens with one attached hydrogen (secondary N) is 1. The van der Waals surface area contributed by atoms with Gasteiger partial charge in [0.25, 0.3) is 6.01 Å². The normalized spacial score (nSPS) is 10.9. The molecule has 2 aromatic carbocycles. The third-order valence-electron chi connectivity index (χ3n) is 3.88. The maximum Gasteiger partial charge on any atom is 0.368 e. The molecule has 0 saturated carbocycles. The van der Waals surface area contributed by atoms with Crippen molar-refractivity contribution in [2.75, 3.05) is 5.32 Å². The summed E-state index contributed by atoms with van der Waals surface area (Å²) >= 11 is 0. The minimum absolute atomic E-state index is 0.191. The molecule has 6 nitrogen and oxygen atoms in total. The molecule has 0 aliphatic carbocycles. The van der Waals surface area contributed by atoms with Crippen LogP contribution in [0.5, 0.6) is 0 Å². The van der Waals surface area contributed by atoms with Gasteiger partial charge in [-0.1, -0.05) is 60.7 Å². The van der Waals surface area contributed by atoms with Crippen molar-refractivity contribution in [2.45, 2.75) is 13.1 Å². The van der Waals surface area contributed by atoms with Gasteiger partial charge in [-0.15, -0.1) is 0 Å². The number of benzene rings is 2. The van der Waals surface area contributed by atoms with E-state index in [4.69, 9.17) is 4.42 Å². The molecule has 0 atom stereocenters. The van der Waals surface area contributed by atoms with Crippen molar-refractivity contribution in [2.24, 2.45) is 0 Å². The van der Waals surface area contributed by atoms with E-state index in [0.717, 1.165) is 11.1 Å². The second-order valence-electron chi connectivity index (χ2n) is 5.68. The van der Waals surface area contributed by atoms with Gasteiger partial charge in [-0.05, 0) is 11.1 Å². The maximum atomic E-state index is 12.2. The molecule has 124 valence electrons. The van der Waals surface area contributed by atoms with Crippen molar-refractivity contribution < 1.29 is 4.42 Å². The maximum absolute atomic E-state index is 12.2. The fourth-order valence-electron chi connectivity index (χ4n) is 2.64. The third-order valence-corrected chi connectivity index (χ3v) is 3.88. The van der Waals surface area contributed by atoms with Crippen LogP contribution in [-0.2, 0) is 13.1 Å². The number of fused-ring (bicyclic) bond motifs is 1. The van der Waals surface area contributed by atoms with E-state index in [0.29, 0.717) is 18.7 Å². The fourth-order valence-corrected chi connectivity index (χ4v) is 2.64. The van der Waals surface area contributed by atoms with Crippen molar-refractivity contribution in [1.29, 1.82) is 0 Å². The summed E-state index contributed by atoms with van der Waals surface area (Å²) in [6.45, 7) is 1.11. The summed E-state index contributed by atoms with van der Waals surface area (Å²) in [7, 11) is 0. The van der Waals surface area contributed by atoms with Crippen LogP contribution in [0.3, 0.4) is 0 Å². The van der Waals surface area contributed by atoms with Crippen LogP contribution in [0.15, 0.2) is 76.2 Å². The minimum Gasteiger partial charge on any atom is -0.387 e. The largest absolute Gasteiger partial charge is 0.387 e. The molecule has 0 radical (unpaired) electrons. The number of hydrogen-bond donors (Lipinski definition) is 1. The lowest BCUT2D eigenvalue weighted by atomic mass is 10.2. The van der Waals surface area contributed by atoms with Crippen molar-refractivity contribution in [3.05, 3.63) is 88.5 Å². The van der Waals surface area contributed by atoms with Gasteiger partial charge in [-0.2, -0.15) is 4.98 Å². The number of imidazole rings is 1. The first kappa shape index (κ1) is 15.1. The Balaban J connectivity index is 1.63. The Labute approximate surface area is 143 Å². The van der Waals surface area contributed by atoms with E-state index in [-0.39, 0.29) is 11.5 Å². The van der Waals surface area contributed by atoms with E-state index >= 15 is 0 Å². The van der Waals surface area contributed by atoms with Crippen molar-refractivity contribution in [3.63, 3.8) is 0 Å². The molecule has 0 saturated heterocycles. The number of rotatable bonds is 5. The Hall–Kier alpha value is -3.41. The predicted molar refractivity (Wildman–Crippen MR) is 95.4 cm³/mol. The summed E-state index contributed by atoms with van der Waals surface area (Å²) in [5, 5.41) is 3.06. The number of aromatic nitrogens is 3. The van der Waals surface area contributed by atoms with E-state index in [1.807, 2.05) is 65.2 Å². The average Bonchev–Trinajstić information content (AvgIpc) is 3.05. The van der Waals surface area contributed by atoms with Crippen LogP contribution in [0.25, 0.3) is 11.2 Å². The second kappa shape index (κ2) is 6.60. The summed E-state index contributed by atoms with van der Waals surface area (Å²) in [5.74, 6) is 0. The van der Waals surface area contributed by atoms with Gasteiger partial charge in [0.05, 0.1) is 12.9 Å². The highest BCUT2D eigenvalue weighted by Gasteiger charge is 2.12. The molecular formula is C19H16N4O2. The highest BCUT2D eigenvalue weighted by atomic mass is 16.4. The predicted octanol–water partition coefficient (Wildman–Crippen LogP) is 3.04. The van der Waals surface area contributed by atoms with Gasteiger partial charge < -0.3 is 14.3 Å². The van der Waals surface area contributed by atoms with Crippen LogP contribution in [0, 0.1) is 0 Å². The highest BCUT2D eigenvalue weighted by molar-refractivity contribution is 5.70. The van der Waals surface area contributed by atoms with Crippen molar-refractivity contribution >= 4 is 17.2 Å². The molecule has 0 amide bonds. The summed E-state index contributed by atoms with van der Waals surface area (Å²) < 4.78 is 7.06. The van der Waals surface area contributed by atoms with E-state index in [9.17, 15) is 4.79 Å². The second-order valence-corrected chi connectivity index (χ2v) is 5.68. The molecular weight excluding hydrogens is 316 g/mol. The Morgan fingerprint density at radius 2 is 1.64 bits per heavy atom. The van der Waals surface area contributed by atoms with Crippen LogP contribution < -0.4 is 10.9 Å². The van der Waals surface area contributed by atoms with Gasteiger partial charge in [0.2, 0.25) is 0 Å². The van der Waals surface area contributed by atoms with Gasteiger partial charge in [0.15, 0.2) is 11.2 Å². The molecule has 6 heteroatoms. The Kier molecular flexibility index (Phi) is 4.00. The molecule has 1 N–H and O–H groups in total. The average molecular weight is 332 g/mol. The molecule has 0 aliphatic heterocycles. The molecule has 2 heterocycles. The monoisotopic (exact) mass is 332 g/mol. The first-order valence-corrected chi connectivity index (χ1v) is 7.97. The van der Waals surface area contributed by atoms with Crippen LogP contribution in [0.1, 0.15) is 11.1 Å². The summed E-state index contributed by atoms with van der Waals surface area (Å²) in [6.07, 6.45) is 1.61. The lowest BCUT2D eigenvalue weighted by Gasteiger charge is -2.06. The Bertz CT molecular complexity index is 1040. The molecule has 25 heavy (non-hydrogen) atoms. The lowest BCUT2D eigenvalue weighted by Crippen LogP contribution is -2.09. The van der Waals surface area contributed by atoms with Crippen LogP contribution in [-0.4, -0.2) is 14.5 Å². The number of nitrogens with zero attached hydrogens (tertiary/aromatic N) is 3. The van der Waals surface area contributed by atoms with Crippen LogP contribution >= 0.6 is 0 Å². The molecule has 0 fully saturated rings. The molecule has 0 bridgehead atoms. The highest BCUT2D eigenvalue weighted by Crippen LogP contribution is 2.13. The topological polar surface area (TPSA) is 73.0 Å². The van der Waals surface area contributed by atoms with E-state index in [2.05, 4.69) is 15.3 Å². The number of anilines is 1. The molecule has 4 aromatic rings. The third kappa shape index (κ3) is 3.28. The lowest BCUT2D eigenvalue weighted by molar-refractivity contribution is 0.513.